The third-order valence-corrected chi connectivity index (χ3v) is 4.62. The first-order valence-electron chi connectivity index (χ1n) is 9.02. The van der Waals surface area contributed by atoms with Crippen LogP contribution in [0.1, 0.15) is 92.3 Å². The average molecular weight is 303 g/mol. The maximum Gasteiger partial charge on any atom is 0.248 e. The Morgan fingerprint density at radius 2 is 1.55 bits per heavy atom. The van der Waals surface area contributed by atoms with Crippen LogP contribution >= 0.6 is 0 Å². The SMILES string of the molecule is CCCCCCCCCCc1c(CC)ccc(C(N)=O)c1C. The van der Waals surface area contributed by atoms with Gasteiger partial charge in [0.15, 0.2) is 0 Å². The van der Waals surface area contributed by atoms with Crippen LogP contribution in [0.5, 0.6) is 0 Å². The molecule has 2 nitrogen and oxygen atoms in total. The summed E-state index contributed by atoms with van der Waals surface area (Å²) < 4.78 is 0. The lowest BCUT2D eigenvalue weighted by atomic mass is 9.91. The van der Waals surface area contributed by atoms with E-state index in [0.29, 0.717) is 5.56 Å². The van der Waals surface area contributed by atoms with Crippen LogP contribution in [-0.2, 0) is 12.8 Å². The zero-order chi connectivity index (χ0) is 16.4. The van der Waals surface area contributed by atoms with Crippen molar-refractivity contribution in [2.45, 2.75) is 85.0 Å². The number of amides is 1. The number of carbonyl (C=O) groups is 1. The van der Waals surface area contributed by atoms with Gasteiger partial charge in [0.1, 0.15) is 0 Å². The molecule has 0 bridgehead atoms. The maximum atomic E-state index is 11.5. The van der Waals surface area contributed by atoms with Crippen LogP contribution in [0.25, 0.3) is 0 Å². The number of rotatable bonds is 11. The zero-order valence-corrected chi connectivity index (χ0v) is 14.7. The first kappa shape index (κ1) is 18.7. The van der Waals surface area contributed by atoms with Crippen LogP contribution in [0, 0.1) is 6.92 Å². The Hall–Kier alpha value is -1.31. The van der Waals surface area contributed by atoms with Crippen molar-refractivity contribution in [3.05, 3.63) is 34.4 Å². The quantitative estimate of drug-likeness (QED) is 0.551. The van der Waals surface area contributed by atoms with Crippen LogP contribution in [0.2, 0.25) is 0 Å². The van der Waals surface area contributed by atoms with Gasteiger partial charge in [0, 0.05) is 5.56 Å². The molecule has 2 N–H and O–H groups in total. The molecule has 1 amide bonds. The molecular formula is C20H33NO. The molecule has 0 saturated carbocycles. The molecule has 0 aliphatic heterocycles. The summed E-state index contributed by atoms with van der Waals surface area (Å²) in [6.07, 6.45) is 12.7. The summed E-state index contributed by atoms with van der Waals surface area (Å²) >= 11 is 0. The molecular weight excluding hydrogens is 270 g/mol. The third-order valence-electron chi connectivity index (χ3n) is 4.62. The zero-order valence-electron chi connectivity index (χ0n) is 14.7. The lowest BCUT2D eigenvalue weighted by Crippen LogP contribution is -2.14. The molecule has 0 radical (unpaired) electrons. The van der Waals surface area contributed by atoms with E-state index in [2.05, 4.69) is 19.9 Å². The Balaban J connectivity index is 2.47. The summed E-state index contributed by atoms with van der Waals surface area (Å²) in [4.78, 5) is 11.5. The summed E-state index contributed by atoms with van der Waals surface area (Å²) in [6, 6.07) is 3.96. The Labute approximate surface area is 136 Å². The Bertz CT molecular complexity index is 465. The number of carbonyl (C=O) groups excluding carboxylic acids is 1. The summed E-state index contributed by atoms with van der Waals surface area (Å²) in [5.74, 6) is -0.308. The van der Waals surface area contributed by atoms with Crippen molar-refractivity contribution in [1.29, 1.82) is 0 Å². The van der Waals surface area contributed by atoms with Gasteiger partial charge in [-0.05, 0) is 48.9 Å². The fourth-order valence-electron chi connectivity index (χ4n) is 3.19. The van der Waals surface area contributed by atoms with Crippen LogP contribution in [0.4, 0.5) is 0 Å². The van der Waals surface area contributed by atoms with Gasteiger partial charge in [-0.1, -0.05) is 64.9 Å². The van der Waals surface area contributed by atoms with Gasteiger partial charge in [-0.3, -0.25) is 4.79 Å². The van der Waals surface area contributed by atoms with E-state index in [4.69, 9.17) is 5.73 Å². The molecule has 0 unspecified atom stereocenters. The van der Waals surface area contributed by atoms with E-state index in [1.807, 2.05) is 13.0 Å². The normalized spacial score (nSPS) is 10.9. The monoisotopic (exact) mass is 303 g/mol. The lowest BCUT2D eigenvalue weighted by Gasteiger charge is -2.14. The number of unbranched alkanes of at least 4 members (excludes halogenated alkanes) is 7. The molecule has 0 heterocycles. The van der Waals surface area contributed by atoms with E-state index in [1.165, 1.54) is 62.5 Å². The van der Waals surface area contributed by atoms with E-state index in [1.54, 1.807) is 0 Å². The Kier molecular flexibility index (Phi) is 8.88. The van der Waals surface area contributed by atoms with Crippen molar-refractivity contribution >= 4 is 5.91 Å². The minimum Gasteiger partial charge on any atom is -0.366 e. The molecule has 0 aliphatic carbocycles. The Morgan fingerprint density at radius 1 is 0.955 bits per heavy atom. The highest BCUT2D eigenvalue weighted by molar-refractivity contribution is 5.94. The predicted molar refractivity (Wildman–Crippen MR) is 95.4 cm³/mol. The minimum atomic E-state index is -0.308. The molecule has 1 aromatic rings. The summed E-state index contributed by atoms with van der Waals surface area (Å²) in [6.45, 7) is 6.48. The number of primary amides is 1. The maximum absolute atomic E-state index is 11.5. The van der Waals surface area contributed by atoms with Crippen molar-refractivity contribution in [3.8, 4) is 0 Å². The van der Waals surface area contributed by atoms with Crippen LogP contribution in [0.15, 0.2) is 12.1 Å². The molecule has 0 aliphatic rings. The molecule has 0 atom stereocenters. The number of nitrogens with two attached hydrogens (primary N) is 1. The summed E-state index contributed by atoms with van der Waals surface area (Å²) in [7, 11) is 0. The van der Waals surface area contributed by atoms with Gasteiger partial charge in [0.2, 0.25) is 5.91 Å². The molecule has 0 fully saturated rings. The smallest absolute Gasteiger partial charge is 0.248 e. The van der Waals surface area contributed by atoms with E-state index in [9.17, 15) is 4.79 Å². The highest BCUT2D eigenvalue weighted by atomic mass is 16.1. The molecule has 2 heteroatoms. The second-order valence-corrected chi connectivity index (χ2v) is 6.32. The highest BCUT2D eigenvalue weighted by Gasteiger charge is 2.12. The van der Waals surface area contributed by atoms with Crippen molar-refractivity contribution < 1.29 is 4.79 Å². The van der Waals surface area contributed by atoms with Crippen LogP contribution in [0.3, 0.4) is 0 Å². The second-order valence-electron chi connectivity index (χ2n) is 6.32. The predicted octanol–water partition coefficient (Wildman–Crippen LogP) is 5.34. The Morgan fingerprint density at radius 3 is 2.09 bits per heavy atom. The number of hydrogen-bond donors (Lipinski definition) is 1. The molecule has 1 rings (SSSR count). The lowest BCUT2D eigenvalue weighted by molar-refractivity contribution is 0.0999. The van der Waals surface area contributed by atoms with Gasteiger partial charge in [0.05, 0.1) is 0 Å². The standard InChI is InChI=1S/C20H33NO/c1-4-6-7-8-9-10-11-12-13-18-16(3)19(20(21)22)15-14-17(18)5-2/h14-15H,4-13H2,1-3H3,(H2,21,22). The highest BCUT2D eigenvalue weighted by Crippen LogP contribution is 2.22. The van der Waals surface area contributed by atoms with E-state index >= 15 is 0 Å². The van der Waals surface area contributed by atoms with E-state index < -0.39 is 0 Å². The van der Waals surface area contributed by atoms with Crippen molar-refractivity contribution in [1.82, 2.24) is 0 Å². The fourth-order valence-corrected chi connectivity index (χ4v) is 3.19. The molecule has 22 heavy (non-hydrogen) atoms. The second kappa shape index (κ2) is 10.4. The molecule has 0 saturated heterocycles. The van der Waals surface area contributed by atoms with Gasteiger partial charge >= 0.3 is 0 Å². The first-order valence-corrected chi connectivity index (χ1v) is 9.02. The van der Waals surface area contributed by atoms with Crippen molar-refractivity contribution in [3.63, 3.8) is 0 Å². The largest absolute Gasteiger partial charge is 0.366 e. The summed E-state index contributed by atoms with van der Waals surface area (Å²) in [5, 5.41) is 0. The van der Waals surface area contributed by atoms with Gasteiger partial charge in [0.25, 0.3) is 0 Å². The van der Waals surface area contributed by atoms with Gasteiger partial charge in [-0.25, -0.2) is 0 Å². The van der Waals surface area contributed by atoms with Gasteiger partial charge in [-0.2, -0.15) is 0 Å². The van der Waals surface area contributed by atoms with E-state index in [0.717, 1.165) is 18.4 Å². The summed E-state index contributed by atoms with van der Waals surface area (Å²) in [5.41, 5.74) is 9.97. The van der Waals surface area contributed by atoms with Gasteiger partial charge < -0.3 is 5.73 Å². The molecule has 0 aromatic heterocycles. The third kappa shape index (κ3) is 5.82. The van der Waals surface area contributed by atoms with Gasteiger partial charge in [-0.15, -0.1) is 0 Å². The molecule has 0 spiro atoms. The fraction of sp³-hybridized carbons (Fsp3) is 0.650. The first-order chi connectivity index (χ1) is 10.6. The van der Waals surface area contributed by atoms with Crippen LogP contribution in [-0.4, -0.2) is 5.91 Å². The van der Waals surface area contributed by atoms with Crippen molar-refractivity contribution in [2.24, 2.45) is 5.73 Å². The molecule has 124 valence electrons. The minimum absolute atomic E-state index is 0.308. The number of benzene rings is 1. The van der Waals surface area contributed by atoms with Crippen LogP contribution < -0.4 is 5.73 Å². The van der Waals surface area contributed by atoms with Crippen molar-refractivity contribution in [2.75, 3.05) is 0 Å². The molecule has 1 aromatic carbocycles. The number of hydrogen-bond acceptors (Lipinski definition) is 1. The number of aryl methyl sites for hydroxylation is 1. The topological polar surface area (TPSA) is 43.1 Å². The average Bonchev–Trinajstić information content (AvgIpc) is 2.50. The van der Waals surface area contributed by atoms with E-state index in [-0.39, 0.29) is 5.91 Å².